The van der Waals surface area contributed by atoms with E-state index in [1.54, 1.807) is 0 Å². The van der Waals surface area contributed by atoms with Crippen LogP contribution in [-0.2, 0) is 10.8 Å². The molecule has 0 saturated carbocycles. The van der Waals surface area contributed by atoms with Gasteiger partial charge in [0, 0.05) is 12.4 Å². The highest BCUT2D eigenvalue weighted by Gasteiger charge is 2.24. The maximum absolute atomic E-state index is 4.48. The summed E-state index contributed by atoms with van der Waals surface area (Å²) in [5, 5.41) is 0. The van der Waals surface area contributed by atoms with Crippen molar-refractivity contribution in [3.8, 4) is 0 Å². The summed E-state index contributed by atoms with van der Waals surface area (Å²) >= 11 is 0. The maximum Gasteiger partial charge on any atom is 0.0305 e. The Kier molecular flexibility index (Phi) is 4.95. The van der Waals surface area contributed by atoms with Gasteiger partial charge in [-0.25, -0.2) is 0 Å². The molecule has 0 amide bonds. The van der Waals surface area contributed by atoms with Crippen molar-refractivity contribution < 1.29 is 0 Å². The molecule has 0 aliphatic carbocycles. The Bertz CT molecular complexity index is 344. The van der Waals surface area contributed by atoms with Crippen molar-refractivity contribution in [3.63, 3.8) is 0 Å². The van der Waals surface area contributed by atoms with Crippen molar-refractivity contribution in [2.75, 3.05) is 0 Å². The van der Waals surface area contributed by atoms with E-state index in [1.807, 2.05) is 12.4 Å². The first-order chi connectivity index (χ1) is 8.33. The first-order valence-electron chi connectivity index (χ1n) is 7.29. The van der Waals surface area contributed by atoms with Crippen LogP contribution in [0.5, 0.6) is 0 Å². The van der Waals surface area contributed by atoms with E-state index in [9.17, 15) is 0 Å². The summed E-state index contributed by atoms with van der Waals surface area (Å²) in [6.45, 7) is 13.8. The fourth-order valence-electron chi connectivity index (χ4n) is 2.72. The van der Waals surface area contributed by atoms with Crippen LogP contribution < -0.4 is 0 Å². The number of nitrogens with zero attached hydrogens (tertiary/aromatic N) is 1. The van der Waals surface area contributed by atoms with Crippen LogP contribution in [0.2, 0.25) is 0 Å². The number of aromatic nitrogens is 1. The minimum absolute atomic E-state index is 0.236. The second kappa shape index (κ2) is 5.86. The minimum atomic E-state index is 0.236. The Balaban J connectivity index is 3.06. The highest BCUT2D eigenvalue weighted by Crippen LogP contribution is 2.33. The number of pyridine rings is 1. The van der Waals surface area contributed by atoms with Gasteiger partial charge in [-0.05, 0) is 34.8 Å². The normalized spacial score (nSPS) is 12.8. The molecular weight excluding hydrogens is 218 g/mol. The number of hydrogen-bond acceptors (Lipinski definition) is 1. The van der Waals surface area contributed by atoms with Gasteiger partial charge in [0.1, 0.15) is 0 Å². The molecule has 0 aromatic carbocycles. The van der Waals surface area contributed by atoms with Gasteiger partial charge in [0.2, 0.25) is 0 Å². The zero-order chi connectivity index (χ0) is 13.8. The van der Waals surface area contributed by atoms with E-state index in [0.717, 1.165) is 0 Å². The molecule has 0 aliphatic rings. The lowest BCUT2D eigenvalue weighted by Crippen LogP contribution is -2.21. The first-order valence-corrected chi connectivity index (χ1v) is 7.29. The monoisotopic (exact) mass is 247 g/mol. The van der Waals surface area contributed by atoms with Gasteiger partial charge < -0.3 is 0 Å². The van der Waals surface area contributed by atoms with Crippen molar-refractivity contribution >= 4 is 0 Å². The summed E-state index contributed by atoms with van der Waals surface area (Å²) in [6, 6.07) is 2.37. The average molecular weight is 247 g/mol. The molecule has 0 N–H and O–H groups in total. The average Bonchev–Trinajstić information content (AvgIpc) is 2.29. The Morgan fingerprint density at radius 1 is 0.833 bits per heavy atom. The van der Waals surface area contributed by atoms with Gasteiger partial charge in [-0.2, -0.15) is 0 Å². The Labute approximate surface area is 113 Å². The lowest BCUT2D eigenvalue weighted by molar-refractivity contribution is 0.455. The van der Waals surface area contributed by atoms with E-state index in [2.05, 4.69) is 52.6 Å². The number of hydrogen-bond donors (Lipinski definition) is 0. The highest BCUT2D eigenvalue weighted by molar-refractivity contribution is 5.29. The third-order valence-electron chi connectivity index (χ3n) is 4.05. The van der Waals surface area contributed by atoms with Gasteiger partial charge in [0.25, 0.3) is 0 Å². The van der Waals surface area contributed by atoms with Crippen LogP contribution >= 0.6 is 0 Å². The van der Waals surface area contributed by atoms with Crippen LogP contribution in [0, 0.1) is 0 Å². The Morgan fingerprint density at radius 2 is 1.22 bits per heavy atom. The zero-order valence-corrected chi connectivity index (χ0v) is 13.0. The van der Waals surface area contributed by atoms with Gasteiger partial charge in [-0.15, -0.1) is 0 Å². The molecule has 18 heavy (non-hydrogen) atoms. The molecule has 0 bridgehead atoms. The van der Waals surface area contributed by atoms with E-state index in [-0.39, 0.29) is 10.8 Å². The van der Waals surface area contributed by atoms with Crippen LogP contribution in [0.1, 0.15) is 78.4 Å². The fourth-order valence-corrected chi connectivity index (χ4v) is 2.72. The van der Waals surface area contributed by atoms with E-state index < -0.39 is 0 Å². The van der Waals surface area contributed by atoms with Crippen molar-refractivity contribution in [1.29, 1.82) is 0 Å². The van der Waals surface area contributed by atoms with E-state index >= 15 is 0 Å². The lowest BCUT2D eigenvalue weighted by atomic mass is 9.77. The van der Waals surface area contributed by atoms with Gasteiger partial charge in [0.05, 0.1) is 0 Å². The molecule has 102 valence electrons. The summed E-state index contributed by atoms with van der Waals surface area (Å²) in [6.07, 6.45) is 8.95. The molecule has 1 heterocycles. The molecule has 1 rings (SSSR count). The minimum Gasteiger partial charge on any atom is -0.264 e. The largest absolute Gasteiger partial charge is 0.264 e. The molecular formula is C17H29N. The molecule has 0 atom stereocenters. The smallest absolute Gasteiger partial charge is 0.0305 e. The van der Waals surface area contributed by atoms with Gasteiger partial charge in [-0.3, -0.25) is 4.98 Å². The third kappa shape index (κ3) is 3.57. The third-order valence-corrected chi connectivity index (χ3v) is 4.05. The van der Waals surface area contributed by atoms with Crippen molar-refractivity contribution in [3.05, 3.63) is 29.6 Å². The quantitative estimate of drug-likeness (QED) is 0.670. The number of rotatable bonds is 6. The molecule has 0 fully saturated rings. The van der Waals surface area contributed by atoms with Crippen molar-refractivity contribution in [2.45, 2.75) is 78.1 Å². The topological polar surface area (TPSA) is 12.9 Å². The van der Waals surface area contributed by atoms with Crippen molar-refractivity contribution in [1.82, 2.24) is 4.98 Å². The van der Waals surface area contributed by atoms with Gasteiger partial charge in [-0.1, -0.05) is 60.5 Å². The first kappa shape index (κ1) is 15.2. The molecule has 0 saturated heterocycles. The fraction of sp³-hybridized carbons (Fsp3) is 0.706. The van der Waals surface area contributed by atoms with Crippen molar-refractivity contribution in [2.24, 2.45) is 0 Å². The molecule has 0 unspecified atom stereocenters. The summed E-state index contributed by atoms with van der Waals surface area (Å²) < 4.78 is 0. The molecule has 1 aromatic rings. The van der Waals surface area contributed by atoms with Crippen LogP contribution in [0.15, 0.2) is 18.5 Å². The second-order valence-corrected chi connectivity index (χ2v) is 6.73. The van der Waals surface area contributed by atoms with Gasteiger partial charge >= 0.3 is 0 Å². The predicted molar refractivity (Wildman–Crippen MR) is 80.1 cm³/mol. The summed E-state index contributed by atoms with van der Waals surface area (Å²) in [4.78, 5) is 4.48. The zero-order valence-electron chi connectivity index (χ0n) is 13.0. The SMILES string of the molecule is CCCC(C)(C)c1cncc(C(C)(C)CCC)c1. The van der Waals surface area contributed by atoms with E-state index in [4.69, 9.17) is 0 Å². The van der Waals surface area contributed by atoms with Crippen LogP contribution in [-0.4, -0.2) is 4.98 Å². The highest BCUT2D eigenvalue weighted by atomic mass is 14.6. The summed E-state index contributed by atoms with van der Waals surface area (Å²) in [5.41, 5.74) is 3.23. The van der Waals surface area contributed by atoms with Crippen LogP contribution in [0.4, 0.5) is 0 Å². The standard InChI is InChI=1S/C17H29N/c1-7-9-16(3,4)14-11-15(13-18-12-14)17(5,6)10-8-2/h11-13H,7-10H2,1-6H3. The van der Waals surface area contributed by atoms with E-state index in [1.165, 1.54) is 36.8 Å². The molecule has 0 aliphatic heterocycles. The summed E-state index contributed by atoms with van der Waals surface area (Å²) in [7, 11) is 0. The molecule has 0 spiro atoms. The Morgan fingerprint density at radius 3 is 1.56 bits per heavy atom. The molecule has 1 nitrogen and oxygen atoms in total. The summed E-state index contributed by atoms with van der Waals surface area (Å²) in [5.74, 6) is 0. The van der Waals surface area contributed by atoms with Crippen LogP contribution in [0.25, 0.3) is 0 Å². The Hall–Kier alpha value is -0.850. The molecule has 0 radical (unpaired) electrons. The molecule has 1 aromatic heterocycles. The second-order valence-electron chi connectivity index (χ2n) is 6.73. The predicted octanol–water partition coefficient (Wildman–Crippen LogP) is 5.24. The van der Waals surface area contributed by atoms with Gasteiger partial charge in [0.15, 0.2) is 0 Å². The molecule has 1 heteroatoms. The maximum atomic E-state index is 4.48. The van der Waals surface area contributed by atoms with Crippen LogP contribution in [0.3, 0.4) is 0 Å². The lowest BCUT2D eigenvalue weighted by Gasteiger charge is -2.29. The van der Waals surface area contributed by atoms with E-state index in [0.29, 0.717) is 0 Å².